The number of fused-ring (bicyclic) bond motifs is 3. The predicted octanol–water partition coefficient (Wildman–Crippen LogP) is -0.535. The summed E-state index contributed by atoms with van der Waals surface area (Å²) in [6.45, 7) is 2.95. The molecule has 104 valence electrons. The number of rotatable bonds is 3. The van der Waals surface area contributed by atoms with Gasteiger partial charge in [0.2, 0.25) is 0 Å². The van der Waals surface area contributed by atoms with Gasteiger partial charge >= 0.3 is 125 Å². The van der Waals surface area contributed by atoms with Crippen molar-refractivity contribution in [2.45, 2.75) is 30.8 Å². The summed E-state index contributed by atoms with van der Waals surface area (Å²) >= 11 is -0.100. The molecule has 2 unspecified atom stereocenters. The summed E-state index contributed by atoms with van der Waals surface area (Å²) in [4.78, 5) is 4.91. The molecule has 0 spiro atoms. The summed E-state index contributed by atoms with van der Waals surface area (Å²) < 4.78 is 11.8. The van der Waals surface area contributed by atoms with E-state index in [0.717, 1.165) is 25.4 Å². The third-order valence-electron chi connectivity index (χ3n) is 4.87. The Morgan fingerprint density at radius 3 is 3.37 bits per heavy atom. The van der Waals surface area contributed by atoms with Crippen molar-refractivity contribution in [1.29, 1.82) is 0 Å². The van der Waals surface area contributed by atoms with E-state index >= 15 is 0 Å². The van der Waals surface area contributed by atoms with Crippen LogP contribution in [0.25, 0.3) is 0 Å². The summed E-state index contributed by atoms with van der Waals surface area (Å²) in [5.41, 5.74) is 3.11. The van der Waals surface area contributed by atoms with E-state index < -0.39 is 0 Å². The maximum absolute atomic E-state index is 5.96. The van der Waals surface area contributed by atoms with Gasteiger partial charge in [-0.2, -0.15) is 0 Å². The van der Waals surface area contributed by atoms with E-state index in [9.17, 15) is 0 Å². The molecule has 3 nitrogen and oxygen atoms in total. The number of halogens is 1. The van der Waals surface area contributed by atoms with Crippen molar-refractivity contribution in [3.8, 4) is 5.75 Å². The summed E-state index contributed by atoms with van der Waals surface area (Å²) in [5.74, 6) is 1.12. The van der Waals surface area contributed by atoms with Crippen LogP contribution in [0.5, 0.6) is 5.75 Å². The van der Waals surface area contributed by atoms with Crippen LogP contribution in [0, 0.1) is 0 Å². The molecule has 3 heterocycles. The molecular formula is C15H19INO2-. The van der Waals surface area contributed by atoms with Crippen molar-refractivity contribution in [3.63, 3.8) is 0 Å². The van der Waals surface area contributed by atoms with Crippen molar-refractivity contribution in [2.75, 3.05) is 24.7 Å². The zero-order chi connectivity index (χ0) is 12.9. The van der Waals surface area contributed by atoms with Gasteiger partial charge in [0, 0.05) is 0 Å². The van der Waals surface area contributed by atoms with Gasteiger partial charge in [-0.15, -0.1) is 0 Å². The molecule has 1 aromatic rings. The Morgan fingerprint density at radius 2 is 2.47 bits per heavy atom. The third kappa shape index (κ3) is 1.63. The number of hydrogen-bond acceptors (Lipinski definition) is 3. The molecule has 4 rings (SSSR count). The van der Waals surface area contributed by atoms with Crippen molar-refractivity contribution in [2.24, 2.45) is 0 Å². The second-order valence-corrected chi connectivity index (χ2v) is 7.11. The first kappa shape index (κ1) is 12.4. The molecular weight excluding hydrogens is 353 g/mol. The molecule has 0 saturated carbocycles. The zero-order valence-electron chi connectivity index (χ0n) is 11.2. The van der Waals surface area contributed by atoms with Gasteiger partial charge < -0.3 is 0 Å². The van der Waals surface area contributed by atoms with Crippen LogP contribution in [0.1, 0.15) is 36.4 Å². The van der Waals surface area contributed by atoms with Gasteiger partial charge in [0.25, 0.3) is 0 Å². The van der Waals surface area contributed by atoms with Crippen molar-refractivity contribution < 1.29 is 29.4 Å². The third-order valence-corrected chi connectivity index (χ3v) is 5.80. The van der Waals surface area contributed by atoms with Crippen LogP contribution in [0.4, 0.5) is 0 Å². The van der Waals surface area contributed by atoms with Crippen LogP contribution in [0.3, 0.4) is 0 Å². The molecule has 0 aromatic heterocycles. The summed E-state index contributed by atoms with van der Waals surface area (Å²) in [5, 5.41) is 0. The molecule has 0 radical (unpaired) electrons. The average molecular weight is 372 g/mol. The van der Waals surface area contributed by atoms with Crippen LogP contribution in [-0.4, -0.2) is 29.6 Å². The van der Waals surface area contributed by atoms with Crippen molar-refractivity contribution >= 4 is 0 Å². The Kier molecular flexibility index (Phi) is 3.01. The van der Waals surface area contributed by atoms with E-state index in [1.54, 1.807) is 0 Å². The van der Waals surface area contributed by atoms with Crippen LogP contribution < -0.4 is 26.4 Å². The molecule has 0 N–H and O–H groups in total. The van der Waals surface area contributed by atoms with Gasteiger partial charge in [-0.1, -0.05) is 0 Å². The molecule has 1 fully saturated rings. The minimum atomic E-state index is -0.100. The summed E-state index contributed by atoms with van der Waals surface area (Å²) in [6, 6.07) is 7.17. The summed E-state index contributed by atoms with van der Waals surface area (Å²) in [6.07, 6.45) is 3.67. The molecule has 3 aliphatic rings. The van der Waals surface area contributed by atoms with Gasteiger partial charge in [-0.25, -0.2) is 0 Å². The molecule has 0 amide bonds. The average Bonchev–Trinajstić information content (AvgIpc) is 2.97. The van der Waals surface area contributed by atoms with E-state index in [1.807, 2.05) is 0 Å². The molecule has 3 aliphatic heterocycles. The molecule has 0 bridgehead atoms. The van der Waals surface area contributed by atoms with Gasteiger partial charge in [-0.3, -0.25) is 0 Å². The zero-order valence-corrected chi connectivity index (χ0v) is 13.4. The number of hydrogen-bond donors (Lipinski definition) is 0. The second-order valence-electron chi connectivity index (χ2n) is 5.61. The van der Waals surface area contributed by atoms with Gasteiger partial charge in [0.05, 0.1) is 0 Å². The first-order chi connectivity index (χ1) is 9.37. The number of benzene rings is 1. The number of ether oxygens (including phenoxy) is 1. The van der Waals surface area contributed by atoms with Crippen molar-refractivity contribution in [1.82, 2.24) is 4.90 Å². The quantitative estimate of drug-likeness (QED) is 0.526. The Morgan fingerprint density at radius 1 is 1.53 bits per heavy atom. The molecule has 0 aliphatic carbocycles. The van der Waals surface area contributed by atoms with Gasteiger partial charge in [0.1, 0.15) is 0 Å². The van der Waals surface area contributed by atoms with Gasteiger partial charge in [-0.05, 0) is 0 Å². The molecule has 4 heteroatoms. The number of nitrogens with zero attached hydrogens (tertiary/aromatic N) is 1. The van der Waals surface area contributed by atoms with Crippen LogP contribution in [0.15, 0.2) is 18.2 Å². The van der Waals surface area contributed by atoms with Gasteiger partial charge in [0.15, 0.2) is 0 Å². The van der Waals surface area contributed by atoms with E-state index in [4.69, 9.17) is 7.80 Å². The van der Waals surface area contributed by atoms with Crippen LogP contribution >= 0.6 is 0 Å². The normalized spacial score (nSPS) is 32.2. The van der Waals surface area contributed by atoms with Crippen molar-refractivity contribution in [3.05, 3.63) is 29.3 Å². The molecule has 1 aromatic carbocycles. The standard InChI is InChI=1S/C15H19INO2/c1-16-19-10-15-7-3-8-17(15)12-6-9-18-13-5-2-4-11(15)14(12)13/h2,4-5,12H,3,6-10H2,1H3/q-1. The Balaban J connectivity index is 1.85. The fourth-order valence-electron chi connectivity index (χ4n) is 4.18. The first-order valence-corrected chi connectivity index (χ1v) is 10.0. The van der Waals surface area contributed by atoms with E-state index in [1.165, 1.54) is 30.5 Å². The summed E-state index contributed by atoms with van der Waals surface area (Å²) in [7, 11) is 0. The molecule has 1 saturated heterocycles. The monoisotopic (exact) mass is 372 g/mol. The fourth-order valence-corrected chi connectivity index (χ4v) is 5.00. The number of alkyl halides is 1. The van der Waals surface area contributed by atoms with E-state index in [-0.39, 0.29) is 27.2 Å². The predicted molar refractivity (Wildman–Crippen MR) is 68.8 cm³/mol. The van der Waals surface area contributed by atoms with Crippen LogP contribution in [-0.2, 0) is 8.61 Å². The minimum absolute atomic E-state index is 0.100. The second kappa shape index (κ2) is 4.60. The van der Waals surface area contributed by atoms with E-state index in [0.29, 0.717) is 6.04 Å². The maximum atomic E-state index is 5.96. The Bertz CT molecular complexity index is 507. The SMILES string of the molecule is C[I-]OCC12CCCN1C1CCOc3cccc2c31. The van der Waals surface area contributed by atoms with E-state index in [2.05, 4.69) is 28.0 Å². The molecule has 2 atom stereocenters. The first-order valence-electron chi connectivity index (χ1n) is 7.01. The topological polar surface area (TPSA) is 21.7 Å². The molecule has 19 heavy (non-hydrogen) atoms. The van der Waals surface area contributed by atoms with Crippen LogP contribution in [0.2, 0.25) is 0 Å². The fraction of sp³-hybridized carbons (Fsp3) is 0.600. The Labute approximate surface area is 125 Å². The Hall–Kier alpha value is -0.330.